The maximum absolute atomic E-state index is 12.7. The fourth-order valence-electron chi connectivity index (χ4n) is 3.38. The largest absolute Gasteiger partial charge is 0.497 e. The number of nitrogens with zero attached hydrogens (tertiary/aromatic N) is 2. The van der Waals surface area contributed by atoms with Crippen molar-refractivity contribution in [2.75, 3.05) is 20.2 Å². The SMILES string of the molecule is COc1ccc([C@@H](NC(=O)OC(C)(C)C)/C(=N/N2CCCC2)c2ccccc2)cc1. The van der Waals surface area contributed by atoms with Crippen LogP contribution in [0.3, 0.4) is 0 Å². The minimum Gasteiger partial charge on any atom is -0.497 e. The van der Waals surface area contributed by atoms with Crippen molar-refractivity contribution in [3.63, 3.8) is 0 Å². The van der Waals surface area contributed by atoms with Gasteiger partial charge in [0, 0.05) is 18.7 Å². The molecule has 6 heteroatoms. The maximum Gasteiger partial charge on any atom is 0.408 e. The van der Waals surface area contributed by atoms with E-state index in [2.05, 4.69) is 10.3 Å². The number of hydrogen-bond acceptors (Lipinski definition) is 5. The minimum absolute atomic E-state index is 0.464. The summed E-state index contributed by atoms with van der Waals surface area (Å²) in [4.78, 5) is 12.7. The molecule has 1 aliphatic heterocycles. The lowest BCUT2D eigenvalue weighted by Gasteiger charge is -2.26. The van der Waals surface area contributed by atoms with Gasteiger partial charge in [0.1, 0.15) is 17.4 Å². The number of nitrogens with one attached hydrogen (secondary N) is 1. The lowest BCUT2D eigenvalue weighted by molar-refractivity contribution is 0.0517. The first-order chi connectivity index (χ1) is 14.4. The first-order valence-electron chi connectivity index (χ1n) is 10.4. The van der Waals surface area contributed by atoms with E-state index in [9.17, 15) is 4.79 Å². The monoisotopic (exact) mass is 409 g/mol. The van der Waals surface area contributed by atoms with E-state index >= 15 is 0 Å². The summed E-state index contributed by atoms with van der Waals surface area (Å²) >= 11 is 0. The molecule has 0 aromatic heterocycles. The molecular formula is C24H31N3O3. The van der Waals surface area contributed by atoms with Crippen LogP contribution in [0.2, 0.25) is 0 Å². The normalized spacial score (nSPS) is 15.6. The third-order valence-electron chi connectivity index (χ3n) is 4.78. The van der Waals surface area contributed by atoms with E-state index < -0.39 is 17.7 Å². The van der Waals surface area contributed by atoms with Crippen LogP contribution in [0.1, 0.15) is 50.8 Å². The molecule has 3 rings (SSSR count). The predicted octanol–water partition coefficient (Wildman–Crippen LogP) is 4.76. The Morgan fingerprint density at radius 1 is 1.03 bits per heavy atom. The van der Waals surface area contributed by atoms with Crippen molar-refractivity contribution in [2.24, 2.45) is 5.10 Å². The third kappa shape index (κ3) is 5.99. The molecule has 1 saturated heterocycles. The topological polar surface area (TPSA) is 63.2 Å². The van der Waals surface area contributed by atoms with Crippen molar-refractivity contribution in [3.8, 4) is 5.75 Å². The second-order valence-corrected chi connectivity index (χ2v) is 8.36. The fraction of sp³-hybridized carbons (Fsp3) is 0.417. The molecule has 0 spiro atoms. The lowest BCUT2D eigenvalue weighted by Crippen LogP contribution is -2.39. The smallest absolute Gasteiger partial charge is 0.408 e. The highest BCUT2D eigenvalue weighted by atomic mass is 16.6. The average Bonchev–Trinajstić information content (AvgIpc) is 3.23. The molecule has 30 heavy (non-hydrogen) atoms. The van der Waals surface area contributed by atoms with Crippen LogP contribution in [0.15, 0.2) is 59.7 Å². The van der Waals surface area contributed by atoms with Crippen LogP contribution < -0.4 is 10.1 Å². The van der Waals surface area contributed by atoms with Gasteiger partial charge in [0.05, 0.1) is 12.8 Å². The van der Waals surface area contributed by atoms with Gasteiger partial charge in [-0.1, -0.05) is 42.5 Å². The van der Waals surface area contributed by atoms with Gasteiger partial charge in [-0.05, 0) is 51.3 Å². The quantitative estimate of drug-likeness (QED) is 0.699. The molecule has 1 N–H and O–H groups in total. The summed E-state index contributed by atoms with van der Waals surface area (Å²) in [6.07, 6.45) is 1.77. The van der Waals surface area contributed by atoms with Crippen LogP contribution >= 0.6 is 0 Å². The van der Waals surface area contributed by atoms with Crippen molar-refractivity contribution in [1.29, 1.82) is 0 Å². The molecule has 160 valence electrons. The van der Waals surface area contributed by atoms with Gasteiger partial charge in [0.2, 0.25) is 0 Å². The molecule has 1 amide bonds. The van der Waals surface area contributed by atoms with E-state index in [4.69, 9.17) is 14.6 Å². The molecule has 2 aromatic rings. The third-order valence-corrected chi connectivity index (χ3v) is 4.78. The molecule has 0 unspecified atom stereocenters. The second-order valence-electron chi connectivity index (χ2n) is 8.36. The summed E-state index contributed by atoms with van der Waals surface area (Å²) in [7, 11) is 1.63. The molecule has 0 bridgehead atoms. The highest BCUT2D eigenvalue weighted by Gasteiger charge is 2.27. The zero-order valence-electron chi connectivity index (χ0n) is 18.2. The Morgan fingerprint density at radius 2 is 1.67 bits per heavy atom. The molecule has 1 heterocycles. The van der Waals surface area contributed by atoms with Crippen molar-refractivity contribution in [1.82, 2.24) is 10.3 Å². The summed E-state index contributed by atoms with van der Waals surface area (Å²) in [5, 5.41) is 10.1. The number of benzene rings is 2. The van der Waals surface area contributed by atoms with Crippen LogP contribution in [-0.4, -0.2) is 42.6 Å². The van der Waals surface area contributed by atoms with Crippen molar-refractivity contribution >= 4 is 11.8 Å². The summed E-state index contributed by atoms with van der Waals surface area (Å²) < 4.78 is 10.8. The van der Waals surface area contributed by atoms with Gasteiger partial charge in [-0.25, -0.2) is 4.79 Å². The summed E-state index contributed by atoms with van der Waals surface area (Å²) in [6.45, 7) is 7.39. The standard InChI is InChI=1S/C24H31N3O3/c1-24(2,3)30-23(28)25-21(19-12-14-20(29-4)15-13-19)22(18-10-6-5-7-11-18)26-27-16-8-9-17-27/h5-7,10-15,21H,8-9,16-17H2,1-4H3,(H,25,28)/b26-22+/t21-/m1/s1. The number of carbonyl (C=O) groups excluding carboxylic acids is 1. The van der Waals surface area contributed by atoms with Gasteiger partial charge in [-0.2, -0.15) is 5.10 Å². The number of hydrazone groups is 1. The number of amides is 1. The molecule has 0 aliphatic carbocycles. The van der Waals surface area contributed by atoms with Gasteiger partial charge < -0.3 is 14.8 Å². The number of ether oxygens (including phenoxy) is 2. The summed E-state index contributed by atoms with van der Waals surface area (Å²) in [5.41, 5.74) is 2.06. The zero-order valence-corrected chi connectivity index (χ0v) is 18.2. The van der Waals surface area contributed by atoms with Crippen LogP contribution in [0.4, 0.5) is 4.79 Å². The number of carbonyl (C=O) groups is 1. The van der Waals surface area contributed by atoms with Gasteiger partial charge in [-0.15, -0.1) is 0 Å². The van der Waals surface area contributed by atoms with Crippen molar-refractivity contribution in [2.45, 2.75) is 45.3 Å². The Labute approximate surface area is 178 Å². The minimum atomic E-state index is -0.590. The molecule has 0 radical (unpaired) electrons. The Hall–Kier alpha value is -3.02. The van der Waals surface area contributed by atoms with Crippen molar-refractivity contribution < 1.29 is 14.3 Å². The predicted molar refractivity (Wildman–Crippen MR) is 119 cm³/mol. The molecule has 2 aromatic carbocycles. The number of hydrogen-bond donors (Lipinski definition) is 1. The summed E-state index contributed by atoms with van der Waals surface area (Å²) in [6, 6.07) is 17.2. The molecule has 1 atom stereocenters. The first-order valence-corrected chi connectivity index (χ1v) is 10.4. The van der Waals surface area contributed by atoms with Crippen molar-refractivity contribution in [3.05, 3.63) is 65.7 Å². The van der Waals surface area contributed by atoms with E-state index in [1.807, 2.05) is 75.4 Å². The Bertz CT molecular complexity index is 852. The molecule has 1 aliphatic rings. The molecule has 6 nitrogen and oxygen atoms in total. The molecule has 1 fully saturated rings. The van der Waals surface area contributed by atoms with Gasteiger partial charge in [0.15, 0.2) is 0 Å². The van der Waals surface area contributed by atoms with Crippen LogP contribution in [0, 0.1) is 0 Å². The average molecular weight is 410 g/mol. The molecular weight excluding hydrogens is 378 g/mol. The van der Waals surface area contributed by atoms with E-state index in [0.717, 1.165) is 48.5 Å². The van der Waals surface area contributed by atoms with E-state index in [1.54, 1.807) is 7.11 Å². The Kier molecular flexibility index (Phi) is 6.98. The zero-order chi connectivity index (χ0) is 21.6. The second kappa shape index (κ2) is 9.65. The highest BCUT2D eigenvalue weighted by Crippen LogP contribution is 2.24. The van der Waals surface area contributed by atoms with E-state index in [0.29, 0.717) is 0 Å². The maximum atomic E-state index is 12.7. The first kappa shape index (κ1) is 21.7. The van der Waals surface area contributed by atoms with Crippen LogP contribution in [-0.2, 0) is 4.74 Å². The fourth-order valence-corrected chi connectivity index (χ4v) is 3.38. The lowest BCUT2D eigenvalue weighted by atomic mass is 9.96. The van der Waals surface area contributed by atoms with Gasteiger partial charge in [0.25, 0.3) is 0 Å². The Balaban J connectivity index is 2.02. The van der Waals surface area contributed by atoms with Gasteiger partial charge >= 0.3 is 6.09 Å². The number of methoxy groups -OCH3 is 1. The number of rotatable bonds is 6. The van der Waals surface area contributed by atoms with Crippen LogP contribution in [0.25, 0.3) is 0 Å². The number of alkyl carbamates (subject to hydrolysis) is 1. The van der Waals surface area contributed by atoms with Crippen LogP contribution in [0.5, 0.6) is 5.75 Å². The molecule has 0 saturated carbocycles. The van der Waals surface area contributed by atoms with E-state index in [1.165, 1.54) is 0 Å². The van der Waals surface area contributed by atoms with Gasteiger partial charge in [-0.3, -0.25) is 5.01 Å². The Morgan fingerprint density at radius 3 is 2.23 bits per heavy atom. The highest BCUT2D eigenvalue weighted by molar-refractivity contribution is 6.06. The summed E-state index contributed by atoms with van der Waals surface area (Å²) in [5.74, 6) is 0.757. The van der Waals surface area contributed by atoms with E-state index in [-0.39, 0.29) is 0 Å².